The summed E-state index contributed by atoms with van der Waals surface area (Å²) < 4.78 is 5.79. The Balaban J connectivity index is 1.41. The summed E-state index contributed by atoms with van der Waals surface area (Å²) >= 11 is 1.31. The Morgan fingerprint density at radius 1 is 1.19 bits per heavy atom. The van der Waals surface area contributed by atoms with E-state index in [4.69, 9.17) is 4.74 Å². The minimum absolute atomic E-state index is 0.0472. The van der Waals surface area contributed by atoms with Gasteiger partial charge in [0, 0.05) is 24.6 Å². The van der Waals surface area contributed by atoms with Gasteiger partial charge in [0.2, 0.25) is 11.0 Å². The number of ether oxygens (including phenoxy) is 1. The molecule has 0 radical (unpaired) electrons. The van der Waals surface area contributed by atoms with E-state index in [1.807, 2.05) is 68.1 Å². The Labute approximate surface area is 191 Å². The van der Waals surface area contributed by atoms with E-state index < -0.39 is 6.10 Å². The lowest BCUT2D eigenvalue weighted by molar-refractivity contribution is -0.122. The van der Waals surface area contributed by atoms with Crippen LogP contribution >= 0.6 is 11.3 Å². The topological polar surface area (TPSA) is 84.4 Å². The Bertz CT molecular complexity index is 1100. The van der Waals surface area contributed by atoms with Crippen LogP contribution in [0.4, 0.5) is 10.8 Å². The molecule has 2 heterocycles. The number of carbonyl (C=O) groups is 2. The van der Waals surface area contributed by atoms with Gasteiger partial charge in [-0.2, -0.15) is 0 Å². The number of rotatable bonds is 7. The van der Waals surface area contributed by atoms with Gasteiger partial charge in [-0.15, -0.1) is 10.2 Å². The number of aryl methyl sites for hydroxylation is 2. The molecule has 166 valence electrons. The van der Waals surface area contributed by atoms with Crippen LogP contribution in [0.1, 0.15) is 41.8 Å². The van der Waals surface area contributed by atoms with E-state index in [1.165, 1.54) is 11.3 Å². The Hall–Kier alpha value is -3.26. The quantitative estimate of drug-likeness (QED) is 0.574. The van der Waals surface area contributed by atoms with Crippen molar-refractivity contribution in [3.63, 3.8) is 0 Å². The van der Waals surface area contributed by atoms with E-state index in [9.17, 15) is 9.59 Å². The van der Waals surface area contributed by atoms with Crippen molar-refractivity contribution >= 4 is 34.0 Å². The normalized spacial score (nSPS) is 16.8. The fourth-order valence-corrected chi connectivity index (χ4v) is 4.69. The van der Waals surface area contributed by atoms with Crippen LogP contribution < -0.4 is 15.0 Å². The van der Waals surface area contributed by atoms with Crippen molar-refractivity contribution < 1.29 is 14.3 Å². The molecule has 1 aliphatic rings. The number of hydrogen-bond donors (Lipinski definition) is 1. The largest absolute Gasteiger partial charge is 0.481 e. The highest BCUT2D eigenvalue weighted by Gasteiger charge is 2.34. The molecule has 2 unspecified atom stereocenters. The van der Waals surface area contributed by atoms with Crippen molar-refractivity contribution in [3.8, 4) is 5.75 Å². The third-order valence-corrected chi connectivity index (χ3v) is 6.35. The van der Waals surface area contributed by atoms with Gasteiger partial charge in [-0.1, -0.05) is 42.5 Å². The van der Waals surface area contributed by atoms with E-state index in [1.54, 1.807) is 0 Å². The first-order valence-corrected chi connectivity index (χ1v) is 11.5. The van der Waals surface area contributed by atoms with Crippen molar-refractivity contribution in [2.24, 2.45) is 0 Å². The molecular formula is C24H26N4O3S. The van der Waals surface area contributed by atoms with Crippen LogP contribution in [0.2, 0.25) is 0 Å². The lowest BCUT2D eigenvalue weighted by Crippen LogP contribution is -2.32. The van der Waals surface area contributed by atoms with E-state index in [2.05, 4.69) is 21.6 Å². The van der Waals surface area contributed by atoms with Gasteiger partial charge in [-0.3, -0.25) is 14.9 Å². The van der Waals surface area contributed by atoms with Gasteiger partial charge in [-0.25, -0.2) is 0 Å². The molecule has 1 N–H and O–H groups in total. The second kappa shape index (κ2) is 9.48. The maximum absolute atomic E-state index is 12.7. The summed E-state index contributed by atoms with van der Waals surface area (Å²) in [6, 6.07) is 15.4. The molecule has 3 aromatic rings. The molecule has 0 bridgehead atoms. The number of amides is 2. The fourth-order valence-electron chi connectivity index (χ4n) is 3.85. The maximum atomic E-state index is 12.7. The molecule has 8 heteroatoms. The van der Waals surface area contributed by atoms with Gasteiger partial charge in [0.15, 0.2) is 6.10 Å². The average Bonchev–Trinajstić information content (AvgIpc) is 3.38. The minimum Gasteiger partial charge on any atom is -0.481 e. The second-order valence-corrected chi connectivity index (χ2v) is 9.02. The first-order valence-electron chi connectivity index (χ1n) is 10.7. The zero-order valence-electron chi connectivity index (χ0n) is 18.4. The molecule has 4 rings (SSSR count). The van der Waals surface area contributed by atoms with Crippen LogP contribution in [-0.4, -0.2) is 34.7 Å². The lowest BCUT2D eigenvalue weighted by atomic mass is 10.1. The molecule has 1 aromatic heterocycles. The number of aromatic nitrogens is 2. The Morgan fingerprint density at radius 2 is 1.91 bits per heavy atom. The summed E-state index contributed by atoms with van der Waals surface area (Å²) in [5.41, 5.74) is 3.16. The van der Waals surface area contributed by atoms with Crippen molar-refractivity contribution in [1.29, 1.82) is 0 Å². The summed E-state index contributed by atoms with van der Waals surface area (Å²) in [7, 11) is 0. The SMILES string of the molecule is CCC(Oc1ccccc1)C(=O)Nc1nnc(C2CC(=O)N(c3cc(C)cc(C)c3)C2)s1. The number of nitrogens with one attached hydrogen (secondary N) is 1. The molecule has 0 aliphatic carbocycles. The lowest BCUT2D eigenvalue weighted by Gasteiger charge is -2.17. The molecule has 0 saturated carbocycles. The van der Waals surface area contributed by atoms with Crippen LogP contribution in [0.15, 0.2) is 48.5 Å². The van der Waals surface area contributed by atoms with E-state index in [0.717, 1.165) is 21.8 Å². The molecule has 7 nitrogen and oxygen atoms in total. The summed E-state index contributed by atoms with van der Waals surface area (Å²) in [6.45, 7) is 6.50. The van der Waals surface area contributed by atoms with Crippen LogP contribution in [0.25, 0.3) is 0 Å². The maximum Gasteiger partial charge on any atom is 0.267 e. The first kappa shape index (κ1) is 22.0. The third-order valence-electron chi connectivity index (χ3n) is 5.35. The molecule has 2 amide bonds. The fraction of sp³-hybridized carbons (Fsp3) is 0.333. The monoisotopic (exact) mass is 450 g/mol. The molecule has 2 atom stereocenters. The van der Waals surface area contributed by atoms with Crippen molar-refractivity contribution in [2.75, 3.05) is 16.8 Å². The average molecular weight is 451 g/mol. The van der Waals surface area contributed by atoms with Gasteiger partial charge < -0.3 is 9.64 Å². The third kappa shape index (κ3) is 4.96. The standard InChI is InChI=1S/C24H26N4O3S/c1-4-20(31-19-8-6-5-7-9-19)22(30)25-24-27-26-23(32-24)17-13-21(29)28(14-17)18-11-15(2)10-16(3)12-18/h5-12,17,20H,4,13-14H2,1-3H3,(H,25,27,30). The van der Waals surface area contributed by atoms with Gasteiger partial charge in [0.25, 0.3) is 5.91 Å². The second-order valence-electron chi connectivity index (χ2n) is 8.01. The van der Waals surface area contributed by atoms with Gasteiger partial charge in [0.05, 0.1) is 0 Å². The van der Waals surface area contributed by atoms with Crippen LogP contribution in [-0.2, 0) is 9.59 Å². The van der Waals surface area contributed by atoms with E-state index >= 15 is 0 Å². The molecular weight excluding hydrogens is 424 g/mol. The highest BCUT2D eigenvalue weighted by Crippen LogP contribution is 2.35. The summed E-state index contributed by atoms with van der Waals surface area (Å²) in [4.78, 5) is 27.1. The predicted molar refractivity (Wildman–Crippen MR) is 125 cm³/mol. The van der Waals surface area contributed by atoms with Crippen LogP contribution in [0, 0.1) is 13.8 Å². The van der Waals surface area contributed by atoms with Gasteiger partial charge >= 0.3 is 0 Å². The molecule has 32 heavy (non-hydrogen) atoms. The number of para-hydroxylation sites is 1. The highest BCUT2D eigenvalue weighted by atomic mass is 32.1. The van der Waals surface area contributed by atoms with E-state index in [-0.39, 0.29) is 17.7 Å². The smallest absolute Gasteiger partial charge is 0.267 e. The summed E-state index contributed by atoms with van der Waals surface area (Å²) in [6.07, 6.45) is 0.274. The predicted octanol–water partition coefficient (Wildman–Crippen LogP) is 4.47. The van der Waals surface area contributed by atoms with Crippen molar-refractivity contribution in [1.82, 2.24) is 10.2 Å². The van der Waals surface area contributed by atoms with Gasteiger partial charge in [-0.05, 0) is 55.7 Å². The molecule has 1 saturated heterocycles. The molecule has 1 aliphatic heterocycles. The number of benzene rings is 2. The number of anilines is 2. The minimum atomic E-state index is -0.627. The van der Waals surface area contributed by atoms with Crippen LogP contribution in [0.3, 0.4) is 0 Å². The highest BCUT2D eigenvalue weighted by molar-refractivity contribution is 7.15. The molecule has 2 aromatic carbocycles. The molecule has 0 spiro atoms. The zero-order valence-corrected chi connectivity index (χ0v) is 19.2. The Kier molecular flexibility index (Phi) is 6.50. The van der Waals surface area contributed by atoms with Crippen molar-refractivity contribution in [3.05, 3.63) is 64.7 Å². The number of carbonyl (C=O) groups excluding carboxylic acids is 2. The number of hydrogen-bond acceptors (Lipinski definition) is 6. The zero-order chi connectivity index (χ0) is 22.7. The number of nitrogens with zero attached hydrogens (tertiary/aromatic N) is 3. The Morgan fingerprint density at radius 3 is 2.59 bits per heavy atom. The van der Waals surface area contributed by atoms with Crippen molar-refractivity contribution in [2.45, 2.75) is 45.6 Å². The summed E-state index contributed by atoms with van der Waals surface area (Å²) in [5.74, 6) is 0.402. The summed E-state index contributed by atoms with van der Waals surface area (Å²) in [5, 5.41) is 12.3. The van der Waals surface area contributed by atoms with E-state index in [0.29, 0.717) is 30.3 Å². The first-order chi connectivity index (χ1) is 15.4. The molecule has 1 fully saturated rings. The van der Waals surface area contributed by atoms with Gasteiger partial charge in [0.1, 0.15) is 10.8 Å². The van der Waals surface area contributed by atoms with Crippen LogP contribution in [0.5, 0.6) is 5.75 Å².